The Bertz CT molecular complexity index is 591. The van der Waals surface area contributed by atoms with E-state index in [1.165, 1.54) is 43.2 Å². The summed E-state index contributed by atoms with van der Waals surface area (Å²) < 4.78 is 2.23. The molecule has 102 valence electrons. The molecule has 0 saturated heterocycles. The highest BCUT2D eigenvalue weighted by atomic mass is 15.2. The van der Waals surface area contributed by atoms with Crippen molar-refractivity contribution in [1.82, 2.24) is 9.55 Å². The van der Waals surface area contributed by atoms with Crippen LogP contribution < -0.4 is 5.73 Å². The lowest BCUT2D eigenvalue weighted by Crippen LogP contribution is -2.23. The van der Waals surface area contributed by atoms with E-state index in [4.69, 9.17) is 5.73 Å². The summed E-state index contributed by atoms with van der Waals surface area (Å²) in [4.78, 5) is 4.50. The summed E-state index contributed by atoms with van der Waals surface area (Å²) in [5, 5.41) is 0. The van der Waals surface area contributed by atoms with Crippen LogP contribution in [-0.4, -0.2) is 9.55 Å². The summed E-state index contributed by atoms with van der Waals surface area (Å²) in [5.74, 6) is 0.667. The molecule has 3 nitrogen and oxygen atoms in total. The van der Waals surface area contributed by atoms with Crippen LogP contribution in [0.1, 0.15) is 44.6 Å². The quantitative estimate of drug-likeness (QED) is 0.906. The third-order valence-corrected chi connectivity index (χ3v) is 4.84. The summed E-state index contributed by atoms with van der Waals surface area (Å²) >= 11 is 0. The number of nitrogens with zero attached hydrogens (tertiary/aromatic N) is 2. The van der Waals surface area contributed by atoms with E-state index in [0.717, 1.165) is 12.1 Å². The Morgan fingerprint density at radius 2 is 2.05 bits per heavy atom. The van der Waals surface area contributed by atoms with Gasteiger partial charge in [0.25, 0.3) is 0 Å². The summed E-state index contributed by atoms with van der Waals surface area (Å²) in [6.07, 6.45) is 6.61. The molecular formula is C16H23N3. The van der Waals surface area contributed by atoms with Gasteiger partial charge in [0, 0.05) is 6.54 Å². The minimum Gasteiger partial charge on any atom is -0.369 e. The topological polar surface area (TPSA) is 43.8 Å². The number of nitrogen functional groups attached to an aromatic ring is 1. The van der Waals surface area contributed by atoms with E-state index in [0.29, 0.717) is 11.4 Å². The van der Waals surface area contributed by atoms with Crippen molar-refractivity contribution in [1.29, 1.82) is 0 Å². The number of fused-ring (bicyclic) bond motifs is 1. The van der Waals surface area contributed by atoms with Crippen LogP contribution in [0.15, 0.2) is 18.2 Å². The predicted octanol–water partition coefficient (Wildman–Crippen LogP) is 3.90. The third-order valence-electron chi connectivity index (χ3n) is 4.84. The predicted molar refractivity (Wildman–Crippen MR) is 80.1 cm³/mol. The van der Waals surface area contributed by atoms with Gasteiger partial charge in [0.05, 0.1) is 11.0 Å². The number of aryl methyl sites for hydroxylation is 1. The van der Waals surface area contributed by atoms with E-state index < -0.39 is 0 Å². The van der Waals surface area contributed by atoms with Gasteiger partial charge in [-0.2, -0.15) is 0 Å². The molecule has 2 N–H and O–H groups in total. The molecule has 3 heteroatoms. The Kier molecular flexibility index (Phi) is 3.00. The number of aromatic nitrogens is 2. The number of anilines is 1. The summed E-state index contributed by atoms with van der Waals surface area (Å²) in [6.45, 7) is 5.46. The molecular weight excluding hydrogens is 234 g/mol. The van der Waals surface area contributed by atoms with Gasteiger partial charge in [-0.25, -0.2) is 4.98 Å². The van der Waals surface area contributed by atoms with Crippen LogP contribution in [0.4, 0.5) is 5.95 Å². The standard InChI is InChI=1S/C16H23N3/c1-3-16(8-4-5-9-16)11-19-14-10-12(2)6-7-13(14)18-15(19)17/h6-7,10H,3-5,8-9,11H2,1-2H3,(H2,17,18). The molecule has 0 atom stereocenters. The maximum atomic E-state index is 6.15. The highest BCUT2D eigenvalue weighted by Gasteiger charge is 2.33. The van der Waals surface area contributed by atoms with Gasteiger partial charge < -0.3 is 10.3 Å². The largest absolute Gasteiger partial charge is 0.369 e. The zero-order valence-corrected chi connectivity index (χ0v) is 11.9. The van der Waals surface area contributed by atoms with E-state index in [1.807, 2.05) is 0 Å². The molecule has 3 rings (SSSR count). The first-order valence-corrected chi connectivity index (χ1v) is 7.36. The maximum Gasteiger partial charge on any atom is 0.201 e. The van der Waals surface area contributed by atoms with Crippen molar-refractivity contribution < 1.29 is 0 Å². The average molecular weight is 257 g/mol. The Hall–Kier alpha value is -1.51. The zero-order chi connectivity index (χ0) is 13.5. The van der Waals surface area contributed by atoms with Crippen LogP contribution in [0.2, 0.25) is 0 Å². The van der Waals surface area contributed by atoms with Crippen LogP contribution in [0.5, 0.6) is 0 Å². The number of imidazole rings is 1. The van der Waals surface area contributed by atoms with E-state index in [1.54, 1.807) is 0 Å². The minimum absolute atomic E-state index is 0.436. The molecule has 1 aliphatic rings. The first-order valence-electron chi connectivity index (χ1n) is 7.36. The van der Waals surface area contributed by atoms with Crippen LogP contribution in [-0.2, 0) is 6.54 Å². The Balaban J connectivity index is 2.04. The lowest BCUT2D eigenvalue weighted by Gasteiger charge is -2.28. The molecule has 1 aliphatic carbocycles. The van der Waals surface area contributed by atoms with Crippen LogP contribution in [0.25, 0.3) is 11.0 Å². The number of rotatable bonds is 3. The fourth-order valence-electron chi connectivity index (χ4n) is 3.50. The smallest absolute Gasteiger partial charge is 0.201 e. The lowest BCUT2D eigenvalue weighted by atomic mass is 9.83. The maximum absolute atomic E-state index is 6.15. The third kappa shape index (κ3) is 2.11. The number of hydrogen-bond donors (Lipinski definition) is 1. The second-order valence-corrected chi connectivity index (χ2v) is 6.11. The van der Waals surface area contributed by atoms with Gasteiger partial charge in [-0.3, -0.25) is 0 Å². The van der Waals surface area contributed by atoms with Gasteiger partial charge in [-0.1, -0.05) is 25.8 Å². The molecule has 2 aromatic rings. The highest BCUT2D eigenvalue weighted by molar-refractivity contribution is 5.79. The molecule has 1 fully saturated rings. The van der Waals surface area contributed by atoms with Gasteiger partial charge in [0.15, 0.2) is 0 Å². The summed E-state index contributed by atoms with van der Waals surface area (Å²) in [7, 11) is 0. The van der Waals surface area contributed by atoms with Crippen LogP contribution >= 0.6 is 0 Å². The number of benzene rings is 1. The van der Waals surface area contributed by atoms with Gasteiger partial charge in [-0.05, 0) is 49.3 Å². The van der Waals surface area contributed by atoms with Crippen molar-refractivity contribution in [2.24, 2.45) is 5.41 Å². The fraction of sp³-hybridized carbons (Fsp3) is 0.562. The second-order valence-electron chi connectivity index (χ2n) is 6.11. The molecule has 19 heavy (non-hydrogen) atoms. The van der Waals surface area contributed by atoms with Crippen LogP contribution in [0, 0.1) is 12.3 Å². The number of hydrogen-bond acceptors (Lipinski definition) is 2. The Labute approximate surface area is 114 Å². The molecule has 0 spiro atoms. The van der Waals surface area contributed by atoms with E-state index in [9.17, 15) is 0 Å². The average Bonchev–Trinajstić information content (AvgIpc) is 2.98. The van der Waals surface area contributed by atoms with Gasteiger partial charge in [-0.15, -0.1) is 0 Å². The molecule has 0 aliphatic heterocycles. The van der Waals surface area contributed by atoms with Gasteiger partial charge >= 0.3 is 0 Å². The SMILES string of the molecule is CCC1(Cn2c(N)nc3ccc(C)cc32)CCCC1. The lowest BCUT2D eigenvalue weighted by molar-refractivity contribution is 0.242. The van der Waals surface area contributed by atoms with Gasteiger partial charge in [0.2, 0.25) is 5.95 Å². The first-order chi connectivity index (χ1) is 9.13. The zero-order valence-electron chi connectivity index (χ0n) is 11.9. The molecule has 1 saturated carbocycles. The molecule has 0 unspecified atom stereocenters. The Morgan fingerprint density at radius 3 is 2.74 bits per heavy atom. The van der Waals surface area contributed by atoms with E-state index in [-0.39, 0.29) is 0 Å². The minimum atomic E-state index is 0.436. The molecule has 1 aromatic heterocycles. The summed E-state index contributed by atoms with van der Waals surface area (Å²) in [6, 6.07) is 6.38. The second kappa shape index (κ2) is 4.55. The molecule has 0 bridgehead atoms. The highest BCUT2D eigenvalue weighted by Crippen LogP contribution is 2.43. The van der Waals surface area contributed by atoms with Crippen molar-refractivity contribution in [2.75, 3.05) is 5.73 Å². The monoisotopic (exact) mass is 257 g/mol. The van der Waals surface area contributed by atoms with Crippen molar-refractivity contribution in [2.45, 2.75) is 52.5 Å². The van der Waals surface area contributed by atoms with E-state index in [2.05, 4.69) is 41.6 Å². The molecule has 1 aromatic carbocycles. The van der Waals surface area contributed by atoms with Gasteiger partial charge in [0.1, 0.15) is 0 Å². The molecule has 0 radical (unpaired) electrons. The fourth-order valence-corrected chi connectivity index (χ4v) is 3.50. The first kappa shape index (κ1) is 12.5. The van der Waals surface area contributed by atoms with Crippen molar-refractivity contribution in [3.8, 4) is 0 Å². The summed E-state index contributed by atoms with van der Waals surface area (Å²) in [5.41, 5.74) is 10.1. The molecule has 0 amide bonds. The normalized spacial score (nSPS) is 18.2. The van der Waals surface area contributed by atoms with Crippen molar-refractivity contribution >= 4 is 17.0 Å². The van der Waals surface area contributed by atoms with Crippen LogP contribution in [0.3, 0.4) is 0 Å². The van der Waals surface area contributed by atoms with Crippen molar-refractivity contribution in [3.05, 3.63) is 23.8 Å². The number of nitrogens with two attached hydrogens (primary N) is 1. The van der Waals surface area contributed by atoms with E-state index >= 15 is 0 Å². The molecule has 1 heterocycles. The Morgan fingerprint density at radius 1 is 1.32 bits per heavy atom. The van der Waals surface area contributed by atoms with Crippen molar-refractivity contribution in [3.63, 3.8) is 0 Å².